The monoisotopic (exact) mass is 426 g/mol. The fraction of sp³-hybridized carbons (Fsp3) is 0.129. The van der Waals surface area contributed by atoms with Gasteiger partial charge < -0.3 is 5.73 Å². The molecule has 1 aliphatic heterocycles. The van der Waals surface area contributed by atoms with Crippen molar-refractivity contribution in [2.45, 2.75) is 25.2 Å². The molecular formula is C31H26N2. The standard InChI is InChI=1S/C31H26N2/c1-21-23(25-14-6-8-16-28(25)32)18-19-26-24-13-5-7-15-27(24)31(30(21)26,22-11-3-2-4-12-22)29-17-9-10-20-33-29/h2-8,11-20H,9-10,32H2,1H3. The molecule has 1 unspecified atom stereocenters. The summed E-state index contributed by atoms with van der Waals surface area (Å²) in [6.07, 6.45) is 6.41. The second-order valence-electron chi connectivity index (χ2n) is 8.89. The molecular weight excluding hydrogens is 400 g/mol. The number of nitrogens with zero attached hydrogens (tertiary/aromatic N) is 1. The van der Waals surface area contributed by atoms with Crippen LogP contribution in [0.15, 0.2) is 108 Å². The topological polar surface area (TPSA) is 38.4 Å². The van der Waals surface area contributed by atoms with Crippen LogP contribution in [-0.2, 0) is 5.41 Å². The number of aliphatic imine (C=N–C) groups is 1. The molecule has 2 aliphatic rings. The quantitative estimate of drug-likeness (QED) is 0.343. The zero-order chi connectivity index (χ0) is 22.4. The summed E-state index contributed by atoms with van der Waals surface area (Å²) >= 11 is 0. The van der Waals surface area contributed by atoms with Crippen LogP contribution in [0, 0.1) is 6.92 Å². The van der Waals surface area contributed by atoms with Crippen molar-refractivity contribution in [3.8, 4) is 22.3 Å². The van der Waals surface area contributed by atoms with Crippen molar-refractivity contribution in [2.75, 3.05) is 5.73 Å². The molecule has 160 valence electrons. The van der Waals surface area contributed by atoms with Crippen molar-refractivity contribution in [1.29, 1.82) is 0 Å². The van der Waals surface area contributed by atoms with Crippen LogP contribution >= 0.6 is 0 Å². The van der Waals surface area contributed by atoms with E-state index in [-0.39, 0.29) is 0 Å². The summed E-state index contributed by atoms with van der Waals surface area (Å²) in [7, 11) is 0. The highest BCUT2D eigenvalue weighted by molar-refractivity contribution is 5.91. The summed E-state index contributed by atoms with van der Waals surface area (Å²) in [6.45, 7) is 2.25. The average molecular weight is 427 g/mol. The molecule has 4 aromatic carbocycles. The summed E-state index contributed by atoms with van der Waals surface area (Å²) < 4.78 is 0. The number of allylic oxidation sites excluding steroid dienone is 2. The summed E-state index contributed by atoms with van der Waals surface area (Å²) in [5, 5.41) is 0. The Kier molecular flexibility index (Phi) is 4.55. The van der Waals surface area contributed by atoms with Gasteiger partial charge in [0.05, 0.1) is 11.1 Å². The Balaban J connectivity index is 1.77. The minimum absolute atomic E-state index is 0.451. The van der Waals surface area contributed by atoms with Crippen molar-refractivity contribution in [3.63, 3.8) is 0 Å². The Hall–Kier alpha value is -3.91. The van der Waals surface area contributed by atoms with Gasteiger partial charge in [0.15, 0.2) is 0 Å². The molecule has 2 nitrogen and oxygen atoms in total. The number of benzene rings is 4. The van der Waals surface area contributed by atoms with E-state index in [1.807, 2.05) is 12.1 Å². The molecule has 0 radical (unpaired) electrons. The zero-order valence-corrected chi connectivity index (χ0v) is 18.8. The number of rotatable bonds is 3. The summed E-state index contributed by atoms with van der Waals surface area (Å²) in [5.41, 5.74) is 17.9. The van der Waals surface area contributed by atoms with Crippen LogP contribution in [-0.4, -0.2) is 6.21 Å². The number of hydrogen-bond donors (Lipinski definition) is 1. The molecule has 6 rings (SSSR count). The molecule has 0 bridgehead atoms. The van der Waals surface area contributed by atoms with E-state index in [9.17, 15) is 0 Å². The number of fused-ring (bicyclic) bond motifs is 3. The van der Waals surface area contributed by atoms with Crippen LogP contribution in [0.3, 0.4) is 0 Å². The molecule has 0 saturated heterocycles. The van der Waals surface area contributed by atoms with E-state index in [4.69, 9.17) is 10.7 Å². The van der Waals surface area contributed by atoms with Crippen molar-refractivity contribution < 1.29 is 0 Å². The Labute approximate surface area is 195 Å². The maximum atomic E-state index is 6.44. The lowest BCUT2D eigenvalue weighted by molar-refractivity contribution is 0.718. The molecule has 0 amide bonds. The summed E-state index contributed by atoms with van der Waals surface area (Å²) in [4.78, 5) is 5.03. The van der Waals surface area contributed by atoms with Gasteiger partial charge in [0.1, 0.15) is 0 Å². The van der Waals surface area contributed by atoms with Gasteiger partial charge in [0, 0.05) is 17.5 Å². The highest BCUT2D eigenvalue weighted by Gasteiger charge is 2.49. The largest absolute Gasteiger partial charge is 0.398 e. The first kappa shape index (κ1) is 19.8. The van der Waals surface area contributed by atoms with Gasteiger partial charge >= 0.3 is 0 Å². The molecule has 1 aliphatic carbocycles. The normalized spacial score (nSPS) is 18.5. The van der Waals surface area contributed by atoms with Crippen molar-refractivity contribution in [3.05, 3.63) is 125 Å². The molecule has 0 aromatic heterocycles. The van der Waals surface area contributed by atoms with Crippen molar-refractivity contribution >= 4 is 11.9 Å². The Morgan fingerprint density at radius 3 is 2.15 bits per heavy atom. The maximum absolute atomic E-state index is 6.44. The van der Waals surface area contributed by atoms with Gasteiger partial charge in [0.2, 0.25) is 0 Å². The molecule has 2 heteroatoms. The lowest BCUT2D eigenvalue weighted by atomic mass is 9.67. The van der Waals surface area contributed by atoms with E-state index < -0.39 is 5.41 Å². The first-order valence-electron chi connectivity index (χ1n) is 11.6. The third-order valence-corrected chi connectivity index (χ3v) is 7.17. The van der Waals surface area contributed by atoms with Gasteiger partial charge in [-0.3, -0.25) is 4.99 Å². The third kappa shape index (κ3) is 2.77. The van der Waals surface area contributed by atoms with Crippen LogP contribution in [0.25, 0.3) is 22.3 Å². The number of para-hydroxylation sites is 1. The van der Waals surface area contributed by atoms with Crippen LogP contribution in [0.1, 0.15) is 35.1 Å². The number of nitrogens with two attached hydrogens (primary N) is 1. The smallest absolute Gasteiger partial charge is 0.0885 e. The molecule has 33 heavy (non-hydrogen) atoms. The van der Waals surface area contributed by atoms with Crippen LogP contribution < -0.4 is 5.73 Å². The third-order valence-electron chi connectivity index (χ3n) is 7.17. The molecule has 0 fully saturated rings. The first-order valence-corrected chi connectivity index (χ1v) is 11.6. The fourth-order valence-electron chi connectivity index (χ4n) is 5.80. The second-order valence-corrected chi connectivity index (χ2v) is 8.89. The van der Waals surface area contributed by atoms with E-state index >= 15 is 0 Å². The molecule has 1 heterocycles. The van der Waals surface area contributed by atoms with Crippen LogP contribution in [0.2, 0.25) is 0 Å². The Morgan fingerprint density at radius 1 is 0.697 bits per heavy atom. The van der Waals surface area contributed by atoms with E-state index in [0.29, 0.717) is 0 Å². The molecule has 0 spiro atoms. The lowest BCUT2D eigenvalue weighted by Gasteiger charge is -2.36. The van der Waals surface area contributed by atoms with E-state index in [1.165, 1.54) is 38.9 Å². The van der Waals surface area contributed by atoms with Gasteiger partial charge in [-0.15, -0.1) is 0 Å². The predicted octanol–water partition coefficient (Wildman–Crippen LogP) is 7.31. The zero-order valence-electron chi connectivity index (χ0n) is 18.8. The van der Waals surface area contributed by atoms with Gasteiger partial charge in [-0.05, 0) is 64.8 Å². The molecule has 4 aromatic rings. The molecule has 2 N–H and O–H groups in total. The van der Waals surface area contributed by atoms with Gasteiger partial charge in [0.25, 0.3) is 0 Å². The Bertz CT molecular complexity index is 1430. The highest BCUT2D eigenvalue weighted by Crippen LogP contribution is 2.58. The van der Waals surface area contributed by atoms with Gasteiger partial charge in [-0.25, -0.2) is 0 Å². The number of hydrogen-bond acceptors (Lipinski definition) is 2. The van der Waals surface area contributed by atoms with Crippen LogP contribution in [0.4, 0.5) is 5.69 Å². The molecule has 0 saturated carbocycles. The molecule has 1 atom stereocenters. The van der Waals surface area contributed by atoms with E-state index in [2.05, 4.69) is 98.1 Å². The summed E-state index contributed by atoms with van der Waals surface area (Å²) in [5.74, 6) is 0. The highest BCUT2D eigenvalue weighted by atomic mass is 14.8. The minimum atomic E-state index is -0.451. The van der Waals surface area contributed by atoms with Crippen molar-refractivity contribution in [1.82, 2.24) is 0 Å². The Morgan fingerprint density at radius 2 is 1.39 bits per heavy atom. The first-order chi connectivity index (χ1) is 16.2. The minimum Gasteiger partial charge on any atom is -0.398 e. The maximum Gasteiger partial charge on any atom is 0.0885 e. The van der Waals surface area contributed by atoms with Gasteiger partial charge in [-0.1, -0.05) is 91.0 Å². The van der Waals surface area contributed by atoms with Crippen LogP contribution in [0.5, 0.6) is 0 Å². The SMILES string of the molecule is Cc1c(-c2ccccc2N)ccc2c1C(C1=CCCC=N1)(c1ccccc1)c1ccccc1-2. The van der Waals surface area contributed by atoms with E-state index in [1.54, 1.807) is 0 Å². The average Bonchev–Trinajstić information content (AvgIpc) is 3.18. The number of nitrogen functional groups attached to an aromatic ring is 1. The van der Waals surface area contributed by atoms with Crippen molar-refractivity contribution in [2.24, 2.45) is 4.99 Å². The fourth-order valence-corrected chi connectivity index (χ4v) is 5.80. The number of anilines is 1. The van der Waals surface area contributed by atoms with E-state index in [0.717, 1.165) is 29.8 Å². The second kappa shape index (κ2) is 7.60. The summed E-state index contributed by atoms with van der Waals surface area (Å²) in [6, 6.07) is 32.4. The predicted molar refractivity (Wildman–Crippen MR) is 139 cm³/mol. The van der Waals surface area contributed by atoms with Gasteiger partial charge in [-0.2, -0.15) is 0 Å². The lowest BCUT2D eigenvalue weighted by Crippen LogP contribution is -2.30.